The molecule has 3 atom stereocenters. The van der Waals surface area contributed by atoms with Crippen LogP contribution in [0.25, 0.3) is 23.1 Å². The van der Waals surface area contributed by atoms with Crippen molar-refractivity contribution in [3.8, 4) is 0 Å². The minimum Gasteiger partial charge on any atom is -0.480 e. The molecule has 0 aliphatic carbocycles. The summed E-state index contributed by atoms with van der Waals surface area (Å²) in [4.78, 5) is 29.4. The largest absolute Gasteiger partial charge is 0.480 e. The summed E-state index contributed by atoms with van der Waals surface area (Å²) >= 11 is 9.40. The molecule has 0 aliphatic rings. The number of halogens is 1. The minimum atomic E-state index is -0.861. The lowest BCUT2D eigenvalue weighted by Gasteiger charge is -2.28. The number of carbonyl (C=O) groups is 2. The van der Waals surface area contributed by atoms with Gasteiger partial charge in [-0.1, -0.05) is 54.1 Å². The quantitative estimate of drug-likeness (QED) is 0.232. The molecule has 1 N–H and O–H groups in total. The van der Waals surface area contributed by atoms with E-state index in [-0.39, 0.29) is 9.96 Å². The Balaban J connectivity index is 1.89. The Morgan fingerprint density at radius 1 is 1.12 bits per heavy atom. The first kappa shape index (κ1) is 26.3. The Morgan fingerprint density at radius 2 is 1.88 bits per heavy atom. The number of rotatable bonds is 11. The second-order valence-corrected chi connectivity index (χ2v) is 11.4. The minimum absolute atomic E-state index is 0.0594. The number of hydrogen-bond acceptors (Lipinski definition) is 6. The van der Waals surface area contributed by atoms with E-state index < -0.39 is 11.2 Å². The molecule has 1 heterocycles. The Labute approximate surface area is 213 Å². The monoisotopic (exact) mass is 514 g/mol. The van der Waals surface area contributed by atoms with Gasteiger partial charge < -0.3 is 9.90 Å². The number of carboxylic acids is 1. The van der Waals surface area contributed by atoms with Gasteiger partial charge in [-0.3, -0.25) is 9.69 Å². The van der Waals surface area contributed by atoms with Crippen LogP contribution in [0.3, 0.4) is 0 Å². The van der Waals surface area contributed by atoms with E-state index in [9.17, 15) is 14.7 Å². The van der Waals surface area contributed by atoms with E-state index in [1.807, 2.05) is 85.7 Å². The molecule has 0 amide bonds. The number of benzene rings is 2. The third-order valence-corrected chi connectivity index (χ3v) is 8.70. The average Bonchev–Trinajstić information content (AvgIpc) is 2.81. The first-order chi connectivity index (χ1) is 16.3. The number of aromatic nitrogens is 1. The van der Waals surface area contributed by atoms with Crippen molar-refractivity contribution in [1.29, 1.82) is 0 Å². The predicted octanol–water partition coefficient (Wildman–Crippen LogP) is 6.47. The van der Waals surface area contributed by atoms with Crippen LogP contribution in [0.15, 0.2) is 54.6 Å². The van der Waals surface area contributed by atoms with E-state index >= 15 is 0 Å². The van der Waals surface area contributed by atoms with Gasteiger partial charge in [0.1, 0.15) is 11.5 Å². The van der Waals surface area contributed by atoms with Gasteiger partial charge in [0, 0.05) is 11.8 Å². The molecule has 178 valence electrons. The zero-order valence-corrected chi connectivity index (χ0v) is 21.6. The van der Waals surface area contributed by atoms with Crippen LogP contribution in [-0.2, 0) is 9.59 Å². The highest BCUT2D eigenvalue weighted by Crippen LogP contribution is 2.45. The molecule has 8 heteroatoms. The van der Waals surface area contributed by atoms with Crippen LogP contribution >= 0.6 is 35.1 Å². The highest BCUT2D eigenvalue weighted by Gasteiger charge is 2.25. The fourth-order valence-corrected chi connectivity index (χ4v) is 6.43. The normalized spacial score (nSPS) is 14.4. The zero-order chi connectivity index (χ0) is 24.7. The number of pyridine rings is 1. The lowest BCUT2D eigenvalue weighted by molar-refractivity contribution is -0.136. The summed E-state index contributed by atoms with van der Waals surface area (Å²) in [6.07, 6.45) is 5.10. The predicted molar refractivity (Wildman–Crippen MR) is 145 cm³/mol. The average molecular weight is 515 g/mol. The molecule has 0 spiro atoms. The number of para-hydroxylation sites is 1. The number of carbonyl (C=O) groups excluding carboxylic acids is 1. The van der Waals surface area contributed by atoms with E-state index in [2.05, 4.69) is 4.98 Å². The fourth-order valence-electron chi connectivity index (χ4n) is 3.25. The molecule has 3 rings (SSSR count). The zero-order valence-electron chi connectivity index (χ0n) is 19.2. The summed E-state index contributed by atoms with van der Waals surface area (Å²) in [7, 11) is 3.84. The van der Waals surface area contributed by atoms with E-state index in [1.54, 1.807) is 18.7 Å². The van der Waals surface area contributed by atoms with E-state index in [1.165, 1.54) is 11.8 Å². The molecular weight excluding hydrogens is 488 g/mol. The number of aldehydes is 1. The summed E-state index contributed by atoms with van der Waals surface area (Å²) in [6, 6.07) is 17.7. The van der Waals surface area contributed by atoms with Gasteiger partial charge in [0.2, 0.25) is 0 Å². The maximum Gasteiger partial charge on any atom is 0.316 e. The van der Waals surface area contributed by atoms with Gasteiger partial charge >= 0.3 is 5.97 Å². The van der Waals surface area contributed by atoms with Crippen LogP contribution in [-0.4, -0.2) is 52.0 Å². The van der Waals surface area contributed by atoms with Gasteiger partial charge in [0.15, 0.2) is 0 Å². The smallest absolute Gasteiger partial charge is 0.316 e. The van der Waals surface area contributed by atoms with E-state index in [0.29, 0.717) is 17.1 Å². The number of nitrogens with zero attached hydrogens (tertiary/aromatic N) is 2. The first-order valence-corrected chi connectivity index (χ1v) is 13.0. The number of hydrogen-bond donors (Lipinski definition) is 1. The van der Waals surface area contributed by atoms with Crippen molar-refractivity contribution in [2.75, 3.05) is 14.1 Å². The number of carboxylic acid groups (broad SMARTS) is 1. The van der Waals surface area contributed by atoms with Gasteiger partial charge in [-0.15, -0.1) is 23.5 Å². The lowest BCUT2D eigenvalue weighted by atomic mass is 10.1. The van der Waals surface area contributed by atoms with Gasteiger partial charge in [-0.2, -0.15) is 0 Å². The van der Waals surface area contributed by atoms with Gasteiger partial charge in [0.25, 0.3) is 0 Å². The molecule has 3 unspecified atom stereocenters. The van der Waals surface area contributed by atoms with Crippen LogP contribution < -0.4 is 0 Å². The summed E-state index contributed by atoms with van der Waals surface area (Å²) in [6.45, 7) is 1.68. The highest BCUT2D eigenvalue weighted by molar-refractivity contribution is 8.17. The van der Waals surface area contributed by atoms with Crippen molar-refractivity contribution in [1.82, 2.24) is 9.88 Å². The molecule has 2 aromatic carbocycles. The third kappa shape index (κ3) is 7.09. The Morgan fingerprint density at radius 3 is 2.59 bits per heavy atom. The van der Waals surface area contributed by atoms with E-state index in [0.717, 1.165) is 28.3 Å². The van der Waals surface area contributed by atoms with Crippen molar-refractivity contribution < 1.29 is 14.7 Å². The third-order valence-electron chi connectivity index (χ3n) is 5.15. The van der Waals surface area contributed by atoms with Crippen molar-refractivity contribution in [2.45, 2.75) is 28.6 Å². The molecule has 3 aromatic rings. The molecule has 0 bridgehead atoms. The lowest BCUT2D eigenvalue weighted by Crippen LogP contribution is -2.26. The van der Waals surface area contributed by atoms with Gasteiger partial charge in [0.05, 0.1) is 26.2 Å². The van der Waals surface area contributed by atoms with Crippen LogP contribution in [0, 0.1) is 0 Å². The maximum atomic E-state index is 11.5. The molecule has 0 fully saturated rings. The SMILES string of the molecule is CC(SC(SC(CC=O)N(C)C)c1cccc(C=Cc2nc3ccccc3cc2Cl)c1)C(=O)O. The molecule has 5 nitrogen and oxygen atoms in total. The van der Waals surface area contributed by atoms with Crippen LogP contribution in [0.1, 0.15) is 34.7 Å². The first-order valence-electron chi connectivity index (χ1n) is 10.8. The molecule has 1 aromatic heterocycles. The fraction of sp³-hybridized carbons (Fsp3) is 0.269. The second kappa shape index (κ2) is 12.4. The van der Waals surface area contributed by atoms with E-state index in [4.69, 9.17) is 11.6 Å². The van der Waals surface area contributed by atoms with Crippen molar-refractivity contribution in [3.63, 3.8) is 0 Å². The van der Waals surface area contributed by atoms with Crippen molar-refractivity contribution >= 4 is 70.4 Å². The number of aliphatic carboxylic acids is 1. The molecule has 0 saturated carbocycles. The number of thioether (sulfide) groups is 2. The van der Waals surface area contributed by atoms with Crippen LogP contribution in [0.5, 0.6) is 0 Å². The summed E-state index contributed by atoms with van der Waals surface area (Å²) in [5, 5.41) is 10.4. The molecule has 0 aliphatic heterocycles. The molecule has 34 heavy (non-hydrogen) atoms. The van der Waals surface area contributed by atoms with Crippen molar-refractivity contribution in [2.24, 2.45) is 0 Å². The molecule has 0 saturated heterocycles. The Bertz CT molecular complexity index is 1190. The molecular formula is C26H27ClN2O3S2. The van der Waals surface area contributed by atoms with Gasteiger partial charge in [-0.25, -0.2) is 4.98 Å². The number of fused-ring (bicyclic) bond motifs is 1. The summed E-state index contributed by atoms with van der Waals surface area (Å²) in [5.41, 5.74) is 3.50. The summed E-state index contributed by atoms with van der Waals surface area (Å²) in [5.74, 6) is -0.861. The molecule has 0 radical (unpaired) electrons. The van der Waals surface area contributed by atoms with Crippen molar-refractivity contribution in [3.05, 3.63) is 76.4 Å². The van der Waals surface area contributed by atoms with Gasteiger partial charge in [-0.05, 0) is 56.4 Å². The Hall–Kier alpha value is -2.32. The van der Waals surface area contributed by atoms with Crippen LogP contribution in [0.2, 0.25) is 5.02 Å². The maximum absolute atomic E-state index is 11.5. The van der Waals surface area contributed by atoms with Crippen LogP contribution in [0.4, 0.5) is 0 Å². The second-order valence-electron chi connectivity index (χ2n) is 7.96. The standard InChI is InChI=1S/C26H27ClN2O3S2/c1-17(25(31)32)33-26(34-24(13-14-30)29(2)3)20-9-6-7-18(15-20)11-12-23-21(27)16-19-8-4-5-10-22(19)28-23/h4-12,14-17,24,26H,13H2,1-3H3,(H,31,32). The Kier molecular flexibility index (Phi) is 9.59. The highest BCUT2D eigenvalue weighted by atomic mass is 35.5. The summed E-state index contributed by atoms with van der Waals surface area (Å²) < 4.78 is -0.158. The topological polar surface area (TPSA) is 70.5 Å².